The molecule has 17 heavy (non-hydrogen) atoms. The van der Waals surface area contributed by atoms with Crippen LogP contribution in [-0.4, -0.2) is 14.9 Å². The van der Waals surface area contributed by atoms with Crippen molar-refractivity contribution < 1.29 is 5.11 Å². The number of hydrogen-bond acceptors (Lipinski definition) is 3. The average molecular weight is 269 g/mol. The molecule has 0 fully saturated rings. The van der Waals surface area contributed by atoms with E-state index in [-0.39, 0.29) is 6.61 Å². The Morgan fingerprint density at radius 3 is 2.76 bits per heavy atom. The molecule has 1 heterocycles. The molecule has 0 radical (unpaired) electrons. The molecule has 1 N–H and O–H groups in total. The van der Waals surface area contributed by atoms with E-state index >= 15 is 0 Å². The third-order valence-corrected chi connectivity index (χ3v) is 3.80. The van der Waals surface area contributed by atoms with Crippen LogP contribution in [-0.2, 0) is 13.7 Å². The highest BCUT2D eigenvalue weighted by Crippen LogP contribution is 2.32. The highest BCUT2D eigenvalue weighted by atomic mass is 35.5. The van der Waals surface area contributed by atoms with Gasteiger partial charge in [-0.2, -0.15) is 5.10 Å². The first-order chi connectivity index (χ1) is 8.10. The molecular weight excluding hydrogens is 256 g/mol. The highest BCUT2D eigenvalue weighted by molar-refractivity contribution is 7.99. The number of aliphatic hydroxyl groups excluding tert-OH is 1. The van der Waals surface area contributed by atoms with E-state index in [4.69, 9.17) is 11.6 Å². The first-order valence-corrected chi connectivity index (χ1v) is 6.37. The van der Waals surface area contributed by atoms with Gasteiger partial charge >= 0.3 is 0 Å². The molecule has 0 saturated heterocycles. The number of aromatic nitrogens is 2. The van der Waals surface area contributed by atoms with Crippen LogP contribution in [0.4, 0.5) is 0 Å². The molecule has 0 saturated carbocycles. The summed E-state index contributed by atoms with van der Waals surface area (Å²) in [5.41, 5.74) is 1.85. The smallest absolute Gasteiger partial charge is 0.0987 e. The minimum Gasteiger partial charge on any atom is -0.392 e. The summed E-state index contributed by atoms with van der Waals surface area (Å²) in [7, 11) is 1.90. The van der Waals surface area contributed by atoms with Crippen LogP contribution in [0.15, 0.2) is 34.2 Å². The Morgan fingerprint density at radius 2 is 2.18 bits per heavy atom. The van der Waals surface area contributed by atoms with Crippen molar-refractivity contribution in [2.75, 3.05) is 0 Å². The SMILES string of the molecule is Cc1cc(Sc2cc(Cl)ccc2CO)n(C)n1. The molecule has 90 valence electrons. The lowest BCUT2D eigenvalue weighted by Crippen LogP contribution is -1.93. The zero-order valence-corrected chi connectivity index (χ0v) is 11.2. The lowest BCUT2D eigenvalue weighted by Gasteiger charge is -2.07. The minimum atomic E-state index is 0.0103. The summed E-state index contributed by atoms with van der Waals surface area (Å²) in [5, 5.41) is 15.3. The zero-order chi connectivity index (χ0) is 12.4. The largest absolute Gasteiger partial charge is 0.392 e. The maximum Gasteiger partial charge on any atom is 0.0987 e. The van der Waals surface area contributed by atoms with Crippen molar-refractivity contribution in [3.8, 4) is 0 Å². The Bertz CT molecular complexity index is 539. The van der Waals surface area contributed by atoms with Crippen LogP contribution in [0.25, 0.3) is 0 Å². The molecule has 1 aromatic heterocycles. The van der Waals surface area contributed by atoms with Gasteiger partial charge in [-0.25, -0.2) is 0 Å². The van der Waals surface area contributed by atoms with Crippen molar-refractivity contribution in [1.82, 2.24) is 9.78 Å². The van der Waals surface area contributed by atoms with Crippen molar-refractivity contribution in [3.05, 3.63) is 40.5 Å². The second kappa shape index (κ2) is 5.12. The summed E-state index contributed by atoms with van der Waals surface area (Å²) in [4.78, 5) is 0.961. The van der Waals surface area contributed by atoms with Gasteiger partial charge in [0.25, 0.3) is 0 Å². The second-order valence-corrected chi connectivity index (χ2v) is 5.26. The number of aryl methyl sites for hydroxylation is 2. The number of halogens is 1. The van der Waals surface area contributed by atoms with Crippen molar-refractivity contribution in [2.24, 2.45) is 7.05 Å². The summed E-state index contributed by atoms with van der Waals surface area (Å²) in [6.07, 6.45) is 0. The normalized spacial score (nSPS) is 10.8. The van der Waals surface area contributed by atoms with Crippen LogP contribution < -0.4 is 0 Å². The summed E-state index contributed by atoms with van der Waals surface area (Å²) in [5.74, 6) is 0. The molecule has 0 aliphatic heterocycles. The van der Waals surface area contributed by atoms with E-state index in [0.717, 1.165) is 21.2 Å². The van der Waals surface area contributed by atoms with E-state index in [1.165, 1.54) is 0 Å². The molecule has 0 atom stereocenters. The zero-order valence-electron chi connectivity index (χ0n) is 9.64. The average Bonchev–Trinajstić information content (AvgIpc) is 2.58. The van der Waals surface area contributed by atoms with Gasteiger partial charge in [0.2, 0.25) is 0 Å². The Morgan fingerprint density at radius 1 is 1.41 bits per heavy atom. The second-order valence-electron chi connectivity index (χ2n) is 3.76. The molecule has 0 unspecified atom stereocenters. The molecular formula is C12H13ClN2OS. The molecule has 0 spiro atoms. The van der Waals surface area contributed by atoms with Gasteiger partial charge in [0.15, 0.2) is 0 Å². The Labute approximate surface area is 109 Å². The first kappa shape index (κ1) is 12.5. The number of nitrogens with zero attached hydrogens (tertiary/aromatic N) is 2. The Balaban J connectivity index is 2.35. The lowest BCUT2D eigenvalue weighted by atomic mass is 10.2. The van der Waals surface area contributed by atoms with Crippen LogP contribution in [0.3, 0.4) is 0 Å². The highest BCUT2D eigenvalue weighted by Gasteiger charge is 2.08. The maximum atomic E-state index is 9.28. The fourth-order valence-corrected chi connectivity index (χ4v) is 2.86. The molecule has 0 amide bonds. The summed E-state index contributed by atoms with van der Waals surface area (Å²) in [6.45, 7) is 1.96. The van der Waals surface area contributed by atoms with Gasteiger partial charge in [-0.1, -0.05) is 29.4 Å². The number of benzene rings is 1. The molecule has 5 heteroatoms. The monoisotopic (exact) mass is 268 g/mol. The van der Waals surface area contributed by atoms with Crippen LogP contribution in [0.2, 0.25) is 5.02 Å². The Hall–Kier alpha value is -0.970. The number of hydrogen-bond donors (Lipinski definition) is 1. The number of rotatable bonds is 3. The molecule has 2 aromatic rings. The lowest BCUT2D eigenvalue weighted by molar-refractivity contribution is 0.279. The molecule has 0 aliphatic carbocycles. The van der Waals surface area contributed by atoms with Crippen LogP contribution >= 0.6 is 23.4 Å². The van der Waals surface area contributed by atoms with Crippen molar-refractivity contribution in [1.29, 1.82) is 0 Å². The van der Waals surface area contributed by atoms with Crippen molar-refractivity contribution >= 4 is 23.4 Å². The van der Waals surface area contributed by atoms with Gasteiger partial charge in [0.1, 0.15) is 0 Å². The predicted molar refractivity (Wildman–Crippen MR) is 69.4 cm³/mol. The van der Waals surface area contributed by atoms with E-state index in [9.17, 15) is 5.11 Å². The molecule has 0 aliphatic rings. The fourth-order valence-electron chi connectivity index (χ4n) is 1.55. The summed E-state index contributed by atoms with van der Waals surface area (Å²) >= 11 is 7.52. The van der Waals surface area contributed by atoms with Crippen LogP contribution in [0, 0.1) is 6.92 Å². The first-order valence-electron chi connectivity index (χ1n) is 5.18. The minimum absolute atomic E-state index is 0.0103. The van der Waals surface area contributed by atoms with Gasteiger partial charge in [-0.15, -0.1) is 0 Å². The van der Waals surface area contributed by atoms with Crippen LogP contribution in [0.1, 0.15) is 11.3 Å². The predicted octanol–water partition coefficient (Wildman–Crippen LogP) is 3.03. The standard InChI is InChI=1S/C12H13ClN2OS/c1-8-5-12(15(2)14-8)17-11-6-10(13)4-3-9(11)7-16/h3-6,16H,7H2,1-2H3. The third kappa shape index (κ3) is 2.83. The topological polar surface area (TPSA) is 38.0 Å². The van der Waals surface area contributed by atoms with Gasteiger partial charge in [0.05, 0.1) is 17.3 Å². The molecule has 1 aromatic carbocycles. The quantitative estimate of drug-likeness (QED) is 0.930. The van der Waals surface area contributed by atoms with E-state index in [1.807, 2.05) is 36.9 Å². The maximum absolute atomic E-state index is 9.28. The molecule has 2 rings (SSSR count). The van der Waals surface area contributed by atoms with Gasteiger partial charge in [0, 0.05) is 17.0 Å². The van der Waals surface area contributed by atoms with Crippen molar-refractivity contribution in [2.45, 2.75) is 23.5 Å². The van der Waals surface area contributed by atoms with Gasteiger partial charge < -0.3 is 5.11 Å². The van der Waals surface area contributed by atoms with Crippen LogP contribution in [0.5, 0.6) is 0 Å². The van der Waals surface area contributed by atoms with Gasteiger partial charge in [-0.3, -0.25) is 4.68 Å². The fraction of sp³-hybridized carbons (Fsp3) is 0.250. The third-order valence-electron chi connectivity index (χ3n) is 2.37. The molecule has 0 bridgehead atoms. The van der Waals surface area contributed by atoms with Gasteiger partial charge in [-0.05, 0) is 30.7 Å². The van der Waals surface area contributed by atoms with E-state index < -0.39 is 0 Å². The summed E-state index contributed by atoms with van der Waals surface area (Å²) in [6, 6.07) is 7.49. The number of aliphatic hydroxyl groups is 1. The van der Waals surface area contributed by atoms with E-state index in [2.05, 4.69) is 5.10 Å². The summed E-state index contributed by atoms with van der Waals surface area (Å²) < 4.78 is 1.82. The molecule has 3 nitrogen and oxygen atoms in total. The van der Waals surface area contributed by atoms with Crippen molar-refractivity contribution in [3.63, 3.8) is 0 Å². The Kier molecular flexibility index (Phi) is 3.76. The van der Waals surface area contributed by atoms with E-state index in [1.54, 1.807) is 17.8 Å². The van der Waals surface area contributed by atoms with E-state index in [0.29, 0.717) is 5.02 Å².